The van der Waals surface area contributed by atoms with E-state index < -0.39 is 12.0 Å². The van der Waals surface area contributed by atoms with Crippen LogP contribution in [-0.2, 0) is 4.79 Å². The lowest BCUT2D eigenvalue weighted by atomic mass is 10.2. The second-order valence-corrected chi connectivity index (χ2v) is 5.77. The highest BCUT2D eigenvalue weighted by Gasteiger charge is 2.36. The number of aromatic nitrogens is 3. The molecule has 1 aromatic carbocycles. The van der Waals surface area contributed by atoms with Gasteiger partial charge in [0.05, 0.1) is 11.4 Å². The predicted octanol–water partition coefficient (Wildman–Crippen LogP) is 1.57. The van der Waals surface area contributed by atoms with Gasteiger partial charge in [0.25, 0.3) is 5.91 Å². The van der Waals surface area contributed by atoms with E-state index in [2.05, 4.69) is 10.3 Å². The smallest absolute Gasteiger partial charge is 0.326 e. The third-order valence-electron chi connectivity index (χ3n) is 4.14. The van der Waals surface area contributed by atoms with E-state index in [0.717, 1.165) is 11.3 Å². The first-order valence-corrected chi connectivity index (χ1v) is 7.52. The van der Waals surface area contributed by atoms with Gasteiger partial charge in [-0.1, -0.05) is 17.3 Å². The lowest BCUT2D eigenvalue weighted by Gasteiger charge is -2.20. The van der Waals surface area contributed by atoms with Gasteiger partial charge in [-0.15, -0.1) is 5.10 Å². The Morgan fingerprint density at radius 3 is 2.78 bits per heavy atom. The average Bonchev–Trinajstić information content (AvgIpc) is 3.13. The molecule has 1 N–H and O–H groups in total. The molecule has 1 saturated heterocycles. The molecule has 7 heteroatoms. The first kappa shape index (κ1) is 15.2. The molecule has 120 valence electrons. The van der Waals surface area contributed by atoms with Crippen LogP contribution in [0, 0.1) is 13.8 Å². The summed E-state index contributed by atoms with van der Waals surface area (Å²) < 4.78 is 1.60. The Bertz CT molecular complexity index is 768. The van der Waals surface area contributed by atoms with Gasteiger partial charge < -0.3 is 10.0 Å². The van der Waals surface area contributed by atoms with Crippen LogP contribution in [0.4, 0.5) is 0 Å². The fraction of sp³-hybridized carbons (Fsp3) is 0.375. The van der Waals surface area contributed by atoms with Gasteiger partial charge in [0.15, 0.2) is 5.69 Å². The number of carbonyl (C=O) groups excluding carboxylic acids is 1. The summed E-state index contributed by atoms with van der Waals surface area (Å²) in [5.74, 6) is -1.34. The Balaban J connectivity index is 1.93. The minimum atomic E-state index is -0.973. The molecule has 2 aromatic rings. The zero-order valence-corrected chi connectivity index (χ0v) is 13.1. The van der Waals surface area contributed by atoms with E-state index in [-0.39, 0.29) is 11.6 Å². The van der Waals surface area contributed by atoms with Crippen molar-refractivity contribution < 1.29 is 14.7 Å². The highest BCUT2D eigenvalue weighted by Crippen LogP contribution is 2.22. The second kappa shape index (κ2) is 5.83. The SMILES string of the molecule is Cc1cccc(-n2nnc(C(=O)N3CCCC3C(=O)O)c2C)c1. The van der Waals surface area contributed by atoms with Crippen molar-refractivity contribution in [2.45, 2.75) is 32.7 Å². The van der Waals surface area contributed by atoms with Gasteiger partial charge in [-0.3, -0.25) is 4.79 Å². The highest BCUT2D eigenvalue weighted by atomic mass is 16.4. The van der Waals surface area contributed by atoms with E-state index in [4.69, 9.17) is 0 Å². The summed E-state index contributed by atoms with van der Waals surface area (Å²) in [5.41, 5.74) is 2.72. The van der Waals surface area contributed by atoms with E-state index in [1.807, 2.05) is 31.2 Å². The average molecular weight is 314 g/mol. The van der Waals surface area contributed by atoms with Crippen LogP contribution in [0.2, 0.25) is 0 Å². The van der Waals surface area contributed by atoms with Crippen molar-refractivity contribution in [1.29, 1.82) is 0 Å². The number of aliphatic carboxylic acids is 1. The molecule has 1 fully saturated rings. The Morgan fingerprint density at radius 1 is 1.30 bits per heavy atom. The summed E-state index contributed by atoms with van der Waals surface area (Å²) in [6.45, 7) is 4.18. The molecule has 2 heterocycles. The van der Waals surface area contributed by atoms with Crippen molar-refractivity contribution in [2.75, 3.05) is 6.54 Å². The topological polar surface area (TPSA) is 88.3 Å². The van der Waals surface area contributed by atoms with E-state index >= 15 is 0 Å². The van der Waals surface area contributed by atoms with Crippen molar-refractivity contribution in [3.8, 4) is 5.69 Å². The van der Waals surface area contributed by atoms with E-state index in [1.165, 1.54) is 4.90 Å². The Labute approximate surface area is 133 Å². The largest absolute Gasteiger partial charge is 0.480 e. The zero-order valence-electron chi connectivity index (χ0n) is 13.1. The number of carboxylic acid groups (broad SMARTS) is 1. The number of carboxylic acids is 1. The molecule has 7 nitrogen and oxygen atoms in total. The second-order valence-electron chi connectivity index (χ2n) is 5.77. The first-order chi connectivity index (χ1) is 11.0. The molecule has 1 amide bonds. The molecule has 1 aliphatic rings. The fourth-order valence-corrected chi connectivity index (χ4v) is 2.93. The number of benzene rings is 1. The van der Waals surface area contributed by atoms with Gasteiger partial charge in [-0.25, -0.2) is 9.48 Å². The quantitative estimate of drug-likeness (QED) is 0.929. The monoisotopic (exact) mass is 314 g/mol. The minimum absolute atomic E-state index is 0.208. The number of likely N-dealkylation sites (tertiary alicyclic amines) is 1. The highest BCUT2D eigenvalue weighted by molar-refractivity contribution is 5.96. The van der Waals surface area contributed by atoms with Crippen LogP contribution < -0.4 is 0 Å². The summed E-state index contributed by atoms with van der Waals surface area (Å²) in [7, 11) is 0. The van der Waals surface area contributed by atoms with Gasteiger partial charge in [-0.2, -0.15) is 0 Å². The van der Waals surface area contributed by atoms with Crippen LogP contribution >= 0.6 is 0 Å². The van der Waals surface area contributed by atoms with Gasteiger partial charge >= 0.3 is 5.97 Å². The number of aryl methyl sites for hydroxylation is 1. The predicted molar refractivity (Wildman–Crippen MR) is 82.5 cm³/mol. The maximum Gasteiger partial charge on any atom is 0.326 e. The van der Waals surface area contributed by atoms with Gasteiger partial charge in [0.2, 0.25) is 0 Å². The van der Waals surface area contributed by atoms with E-state index in [1.54, 1.807) is 11.6 Å². The van der Waals surface area contributed by atoms with Gasteiger partial charge in [-0.05, 0) is 44.4 Å². The number of rotatable bonds is 3. The summed E-state index contributed by atoms with van der Waals surface area (Å²) in [4.78, 5) is 25.3. The Morgan fingerprint density at radius 2 is 2.09 bits per heavy atom. The molecule has 0 spiro atoms. The van der Waals surface area contributed by atoms with Gasteiger partial charge in [0.1, 0.15) is 6.04 Å². The summed E-state index contributed by atoms with van der Waals surface area (Å²) >= 11 is 0. The number of hydrogen-bond donors (Lipinski definition) is 1. The Kier molecular flexibility index (Phi) is 3.85. The standard InChI is InChI=1S/C16H18N4O3/c1-10-5-3-6-12(9-10)20-11(2)14(17-18-20)15(21)19-8-4-7-13(19)16(22)23/h3,5-6,9,13H,4,7-8H2,1-2H3,(H,22,23). The molecule has 0 bridgehead atoms. The van der Waals surface area contributed by atoms with Crippen molar-refractivity contribution >= 4 is 11.9 Å². The summed E-state index contributed by atoms with van der Waals surface area (Å²) in [6, 6.07) is 6.95. The van der Waals surface area contributed by atoms with Crippen LogP contribution in [0.25, 0.3) is 5.69 Å². The molecule has 0 saturated carbocycles. The number of nitrogens with zero attached hydrogens (tertiary/aromatic N) is 4. The molecular formula is C16H18N4O3. The maximum absolute atomic E-state index is 12.6. The van der Waals surface area contributed by atoms with Crippen LogP contribution in [0.3, 0.4) is 0 Å². The van der Waals surface area contributed by atoms with Crippen molar-refractivity contribution in [3.63, 3.8) is 0 Å². The summed E-state index contributed by atoms with van der Waals surface area (Å²) in [6.07, 6.45) is 1.17. The summed E-state index contributed by atoms with van der Waals surface area (Å²) in [5, 5.41) is 17.3. The molecule has 0 aliphatic carbocycles. The molecule has 1 aromatic heterocycles. The third kappa shape index (κ3) is 2.69. The molecule has 3 rings (SSSR count). The number of hydrogen-bond acceptors (Lipinski definition) is 4. The molecule has 0 radical (unpaired) electrons. The Hall–Kier alpha value is -2.70. The normalized spacial score (nSPS) is 17.5. The van der Waals surface area contributed by atoms with Crippen LogP contribution in [0.1, 0.15) is 34.6 Å². The minimum Gasteiger partial charge on any atom is -0.480 e. The molecule has 1 atom stereocenters. The lowest BCUT2D eigenvalue weighted by Crippen LogP contribution is -2.40. The first-order valence-electron chi connectivity index (χ1n) is 7.52. The van der Waals surface area contributed by atoms with Gasteiger partial charge in [0, 0.05) is 6.54 Å². The molecule has 1 unspecified atom stereocenters. The van der Waals surface area contributed by atoms with E-state index in [9.17, 15) is 14.7 Å². The third-order valence-corrected chi connectivity index (χ3v) is 4.14. The van der Waals surface area contributed by atoms with E-state index in [0.29, 0.717) is 25.1 Å². The fourth-order valence-electron chi connectivity index (χ4n) is 2.93. The number of amides is 1. The molecular weight excluding hydrogens is 296 g/mol. The molecule has 1 aliphatic heterocycles. The maximum atomic E-state index is 12.6. The van der Waals surface area contributed by atoms with Crippen molar-refractivity contribution in [3.05, 3.63) is 41.2 Å². The van der Waals surface area contributed by atoms with Crippen molar-refractivity contribution in [1.82, 2.24) is 19.9 Å². The lowest BCUT2D eigenvalue weighted by molar-refractivity contribution is -0.141. The number of carbonyl (C=O) groups is 2. The van der Waals surface area contributed by atoms with Crippen molar-refractivity contribution in [2.24, 2.45) is 0 Å². The van der Waals surface area contributed by atoms with Crippen LogP contribution in [0.15, 0.2) is 24.3 Å². The van der Waals surface area contributed by atoms with Crippen LogP contribution in [-0.4, -0.2) is 49.5 Å². The zero-order chi connectivity index (χ0) is 16.6. The van der Waals surface area contributed by atoms with Crippen LogP contribution in [0.5, 0.6) is 0 Å². The molecule has 23 heavy (non-hydrogen) atoms.